The van der Waals surface area contributed by atoms with E-state index in [0.717, 1.165) is 42.1 Å². The monoisotopic (exact) mass is 711 g/mol. The summed E-state index contributed by atoms with van der Waals surface area (Å²) < 4.78 is 0. The molecule has 0 radical (unpaired) electrons. The van der Waals surface area contributed by atoms with Crippen LogP contribution in [0.25, 0.3) is 0 Å². The average Bonchev–Trinajstić information content (AvgIpc) is 3.42. The molecule has 0 aromatic rings. The maximum atomic E-state index is 5.80. The zero-order valence-corrected chi connectivity index (χ0v) is 35.4. The molecule has 11 heteroatoms. The molecule has 0 amide bonds. The fourth-order valence-corrected chi connectivity index (χ4v) is 3.76. The second kappa shape index (κ2) is 29.6. The highest BCUT2D eigenvalue weighted by Crippen LogP contribution is 2.14. The highest BCUT2D eigenvalue weighted by Gasteiger charge is 2.24. The normalized spacial score (nSPS) is 16.8. The Morgan fingerprint density at radius 2 is 1.00 bits per heavy atom. The van der Waals surface area contributed by atoms with Crippen LogP contribution < -0.4 is 58.9 Å². The lowest BCUT2D eigenvalue weighted by molar-refractivity contribution is -0.504. The zero-order valence-electron chi connectivity index (χ0n) is 35.4. The predicted octanol–water partition coefficient (Wildman–Crippen LogP) is -2.70. The molecule has 16 N–H and O–H groups in total. The Kier molecular flexibility index (Phi) is 30.4. The first-order chi connectivity index (χ1) is 23.1. The Labute approximate surface area is 309 Å². The van der Waals surface area contributed by atoms with Crippen molar-refractivity contribution < 1.29 is 25.0 Å². The van der Waals surface area contributed by atoms with Crippen LogP contribution in [0.2, 0.25) is 0 Å². The molecule has 0 saturated heterocycles. The minimum absolute atomic E-state index is 0.435. The third kappa shape index (κ3) is 32.1. The molecule has 294 valence electrons. The van der Waals surface area contributed by atoms with Gasteiger partial charge in [0.2, 0.25) is 29.2 Å². The van der Waals surface area contributed by atoms with Gasteiger partial charge in [-0.05, 0) is 58.3 Å². The molecule has 2 aliphatic carbocycles. The smallest absolute Gasteiger partial charge is 0.245 e. The highest BCUT2D eigenvalue weighted by molar-refractivity contribution is 5.79. The van der Waals surface area contributed by atoms with Gasteiger partial charge in [-0.3, -0.25) is 53.2 Å². The van der Waals surface area contributed by atoms with Crippen molar-refractivity contribution in [2.75, 3.05) is 20.1 Å². The maximum absolute atomic E-state index is 5.80. The summed E-state index contributed by atoms with van der Waals surface area (Å²) in [7, 11) is 1.83. The molecule has 0 unspecified atom stereocenters. The summed E-state index contributed by atoms with van der Waals surface area (Å²) in [5.41, 5.74) is 28.5. The van der Waals surface area contributed by atoms with E-state index in [1.54, 1.807) is 0 Å². The molecule has 1 heterocycles. The number of amidine groups is 5. The van der Waals surface area contributed by atoms with Gasteiger partial charge < -0.3 is 5.73 Å². The van der Waals surface area contributed by atoms with Crippen LogP contribution in [-0.2, 0) is 0 Å². The van der Waals surface area contributed by atoms with Gasteiger partial charge in [-0.25, -0.2) is 0 Å². The van der Waals surface area contributed by atoms with Gasteiger partial charge in [0.05, 0.1) is 54.8 Å². The molecule has 0 atom stereocenters. The van der Waals surface area contributed by atoms with Crippen LogP contribution in [0.1, 0.15) is 135 Å². The number of rotatable bonds is 9. The van der Waals surface area contributed by atoms with E-state index < -0.39 is 0 Å². The number of hydrogen-bond acceptors (Lipinski definition) is 2. The molecule has 50 heavy (non-hydrogen) atoms. The summed E-state index contributed by atoms with van der Waals surface area (Å²) in [5.74, 6) is 7.82. The van der Waals surface area contributed by atoms with E-state index in [0.29, 0.717) is 53.6 Å². The number of nitrogens with two attached hydrogens (primary N) is 5. The summed E-state index contributed by atoms with van der Waals surface area (Å²) in [6.45, 7) is 35.0. The molecule has 0 aromatic carbocycles. The Morgan fingerprint density at radius 1 is 0.620 bits per heavy atom. The summed E-state index contributed by atoms with van der Waals surface area (Å²) in [6, 6.07) is 1.82. The van der Waals surface area contributed by atoms with Crippen LogP contribution in [0.5, 0.6) is 0 Å². The molecule has 3 rings (SSSR count). The van der Waals surface area contributed by atoms with E-state index in [4.69, 9.17) is 28.7 Å². The van der Waals surface area contributed by atoms with Crippen molar-refractivity contribution in [1.82, 2.24) is 5.32 Å². The second-order valence-corrected chi connectivity index (χ2v) is 15.7. The molecular weight excluding hydrogens is 623 g/mol. The fraction of sp³-hybridized carbons (Fsp3) is 0.821. The third-order valence-electron chi connectivity index (χ3n) is 7.98. The van der Waals surface area contributed by atoms with Crippen molar-refractivity contribution in [2.24, 2.45) is 64.2 Å². The summed E-state index contributed by atoms with van der Waals surface area (Å²) in [6.07, 6.45) is 7.92. The van der Waals surface area contributed by atoms with Crippen LogP contribution >= 0.6 is 0 Å². The Bertz CT molecular complexity index is 1000. The first-order valence-corrected chi connectivity index (χ1v) is 19.3. The van der Waals surface area contributed by atoms with E-state index in [1.165, 1.54) is 44.4 Å². The van der Waals surface area contributed by atoms with Crippen molar-refractivity contribution in [2.45, 2.75) is 154 Å². The SMILES string of the molecule is C=C(N)C(C)C.CC(C)C(N)=[NH+]C1CC1.CC(C)C(N)=[NH+]C1CCCC1.CC(C)C1=[NH+]CCN1.CC(C)[NH+]=C(N)C(C)C.C[NH+]=C(N)C(C)C. The Morgan fingerprint density at radius 3 is 1.18 bits per heavy atom. The van der Waals surface area contributed by atoms with Gasteiger partial charge in [0.25, 0.3) is 0 Å². The largest absolute Gasteiger partial charge is 0.402 e. The van der Waals surface area contributed by atoms with E-state index in [9.17, 15) is 0 Å². The van der Waals surface area contributed by atoms with Gasteiger partial charge in [0.15, 0.2) is 0 Å². The summed E-state index contributed by atoms with van der Waals surface area (Å²) >= 11 is 0. The van der Waals surface area contributed by atoms with E-state index in [-0.39, 0.29) is 0 Å². The minimum atomic E-state index is 0.435. The number of nitrogens with one attached hydrogen (secondary N) is 6. The van der Waals surface area contributed by atoms with Crippen molar-refractivity contribution in [3.63, 3.8) is 0 Å². The molecular formula is C39H88N11+5. The molecule has 0 spiro atoms. The van der Waals surface area contributed by atoms with Gasteiger partial charge in [-0.15, -0.1) is 0 Å². The van der Waals surface area contributed by atoms with Crippen LogP contribution in [-0.4, -0.2) is 67.4 Å². The van der Waals surface area contributed by atoms with Crippen LogP contribution in [0.15, 0.2) is 12.3 Å². The molecule has 11 nitrogen and oxygen atoms in total. The Hall–Kier alpha value is -3.11. The van der Waals surface area contributed by atoms with Gasteiger partial charge in [-0.1, -0.05) is 89.7 Å². The molecule has 3 aliphatic rings. The Balaban J connectivity index is -0.000000536. The predicted molar refractivity (Wildman–Crippen MR) is 218 cm³/mol. The summed E-state index contributed by atoms with van der Waals surface area (Å²) in [5, 5.41) is 3.26. The molecule has 0 bridgehead atoms. The first kappa shape index (κ1) is 51.3. The average molecular weight is 711 g/mol. The van der Waals surface area contributed by atoms with Crippen LogP contribution in [0.4, 0.5) is 0 Å². The van der Waals surface area contributed by atoms with Crippen molar-refractivity contribution in [3.05, 3.63) is 12.3 Å². The third-order valence-corrected chi connectivity index (χ3v) is 7.98. The van der Waals surface area contributed by atoms with E-state index >= 15 is 0 Å². The first-order valence-electron chi connectivity index (χ1n) is 19.3. The van der Waals surface area contributed by atoms with Crippen molar-refractivity contribution in [1.29, 1.82) is 0 Å². The molecule has 2 fully saturated rings. The number of hydrogen-bond donors (Lipinski definition) is 11. The molecule has 0 aromatic heterocycles. The van der Waals surface area contributed by atoms with Crippen molar-refractivity contribution in [3.8, 4) is 0 Å². The van der Waals surface area contributed by atoms with E-state index in [2.05, 4.69) is 106 Å². The second-order valence-electron chi connectivity index (χ2n) is 15.7. The highest BCUT2D eigenvalue weighted by atomic mass is 15.1. The minimum Gasteiger partial charge on any atom is -0.402 e. The van der Waals surface area contributed by atoms with Gasteiger partial charge >= 0.3 is 0 Å². The lowest BCUT2D eigenvalue weighted by Gasteiger charge is -2.02. The molecule has 1 aliphatic heterocycles. The summed E-state index contributed by atoms with van der Waals surface area (Å²) in [4.78, 5) is 15.9. The maximum Gasteiger partial charge on any atom is 0.245 e. The topological polar surface area (TPSA) is 212 Å². The fourth-order valence-electron chi connectivity index (χ4n) is 3.76. The van der Waals surface area contributed by atoms with Gasteiger partial charge in [0, 0.05) is 5.70 Å². The zero-order chi connectivity index (χ0) is 39.6. The quantitative estimate of drug-likeness (QED) is 0.0906. The standard InChI is InChI=1S/C9H18N2.C7H14N2.C7H16N2.C6H12N2.C5H12N2.C5H11N/c1-7(2)9(10)11-8-5-3-4-6-8;1-5(2)7(8)9-6-3-4-6;1-5(2)7(8)9-6(3)4;1-5(2)6-7-3-4-8-6;1-4(2)5(6)7-3;1-4(2)5(3)6/h7-8H,3-6H2,1-2H3,(H2,10,11);5-6H,3-4H2,1-2H3,(H2,8,9);5-6H,1-4H3,(H2,8,9);5H,3-4H2,1-2H3,(H,7,8);4H,1-3H3,(H2,6,7);4H,3,6H2,1-2H3/p+5. The van der Waals surface area contributed by atoms with Crippen LogP contribution in [0, 0.1) is 35.5 Å². The van der Waals surface area contributed by atoms with Crippen molar-refractivity contribution >= 4 is 29.2 Å². The van der Waals surface area contributed by atoms with Crippen LogP contribution in [0.3, 0.4) is 0 Å². The van der Waals surface area contributed by atoms with Gasteiger partial charge in [0.1, 0.15) is 13.1 Å². The van der Waals surface area contributed by atoms with Gasteiger partial charge in [-0.2, -0.15) is 0 Å². The van der Waals surface area contributed by atoms with E-state index in [1.807, 2.05) is 34.7 Å². The number of allylic oxidation sites excluding steroid dienone is 1. The lowest BCUT2D eigenvalue weighted by Crippen LogP contribution is -2.81. The molecule has 2 saturated carbocycles. The lowest BCUT2D eigenvalue weighted by atomic mass is 10.2.